The van der Waals surface area contributed by atoms with Gasteiger partial charge in [0.05, 0.1) is 15.6 Å². The topological polar surface area (TPSA) is 77.3 Å². The first-order valence-electron chi connectivity index (χ1n) is 5.05. The number of benzene rings is 1. The third-order valence-electron chi connectivity index (χ3n) is 2.25. The maximum absolute atomic E-state index is 11.9. The van der Waals surface area contributed by atoms with Gasteiger partial charge in [-0.25, -0.2) is 8.42 Å². The molecule has 1 aromatic carbocycles. The molecule has 18 heavy (non-hydrogen) atoms. The molecule has 5 nitrogen and oxygen atoms in total. The van der Waals surface area contributed by atoms with Gasteiger partial charge in [0, 0.05) is 18.0 Å². The van der Waals surface area contributed by atoms with Crippen LogP contribution in [0.25, 0.3) is 0 Å². The van der Waals surface area contributed by atoms with Crippen LogP contribution >= 0.6 is 11.6 Å². The first-order valence-corrected chi connectivity index (χ1v) is 7.24. The number of hydrogen-bond acceptors (Lipinski definition) is 4. The van der Waals surface area contributed by atoms with E-state index >= 15 is 0 Å². The Morgan fingerprint density at radius 2 is 1.94 bits per heavy atom. The van der Waals surface area contributed by atoms with E-state index in [1.54, 1.807) is 13.0 Å². The van der Waals surface area contributed by atoms with E-state index in [2.05, 4.69) is 0 Å². The second-order valence-electron chi connectivity index (χ2n) is 3.71. The molecule has 0 aliphatic rings. The van der Waals surface area contributed by atoms with Crippen LogP contribution in [0.4, 0.5) is 5.69 Å². The Hall–Kier alpha value is -1.40. The lowest BCUT2D eigenvalue weighted by atomic mass is 10.3. The Labute approximate surface area is 110 Å². The average molecular weight is 290 g/mol. The van der Waals surface area contributed by atoms with Crippen LogP contribution < -0.4 is 0 Å². The van der Waals surface area contributed by atoms with Gasteiger partial charge in [-0.15, -0.1) is 11.6 Å². The van der Waals surface area contributed by atoms with Crippen molar-refractivity contribution in [1.29, 1.82) is 0 Å². The summed E-state index contributed by atoms with van der Waals surface area (Å²) in [5, 5.41) is 10.5. The number of allylic oxidation sites excluding steroid dienone is 1. The van der Waals surface area contributed by atoms with E-state index in [9.17, 15) is 18.5 Å². The van der Waals surface area contributed by atoms with Crippen molar-refractivity contribution in [3.8, 4) is 0 Å². The maximum Gasteiger partial charge on any atom is 0.269 e. The van der Waals surface area contributed by atoms with Crippen LogP contribution in [0.15, 0.2) is 40.8 Å². The van der Waals surface area contributed by atoms with Gasteiger partial charge >= 0.3 is 0 Å². The summed E-state index contributed by atoms with van der Waals surface area (Å²) in [6, 6.07) is 4.82. The van der Waals surface area contributed by atoms with E-state index in [1.807, 2.05) is 0 Å². The van der Waals surface area contributed by atoms with Crippen molar-refractivity contribution < 1.29 is 13.3 Å². The monoisotopic (exact) mass is 289 g/mol. The molecule has 0 radical (unpaired) electrons. The molecule has 0 N–H and O–H groups in total. The highest BCUT2D eigenvalue weighted by Gasteiger charge is 2.16. The minimum atomic E-state index is -3.47. The molecule has 0 aliphatic carbocycles. The number of non-ortho nitro benzene ring substituents is 1. The van der Waals surface area contributed by atoms with Crippen molar-refractivity contribution in [2.75, 3.05) is 11.6 Å². The summed E-state index contributed by atoms with van der Waals surface area (Å²) >= 11 is 5.48. The molecule has 98 valence electrons. The van der Waals surface area contributed by atoms with Gasteiger partial charge in [-0.3, -0.25) is 10.1 Å². The van der Waals surface area contributed by atoms with E-state index in [1.165, 1.54) is 24.3 Å². The van der Waals surface area contributed by atoms with Crippen LogP contribution in [0, 0.1) is 10.1 Å². The van der Waals surface area contributed by atoms with Crippen molar-refractivity contribution >= 4 is 27.1 Å². The number of nitro benzene ring substituents is 1. The molecule has 0 aliphatic heterocycles. The predicted octanol–water partition coefficient (Wildman–Crippen LogP) is 2.55. The molecule has 7 heteroatoms. The highest BCUT2D eigenvalue weighted by atomic mass is 35.5. The van der Waals surface area contributed by atoms with Crippen molar-refractivity contribution in [2.24, 2.45) is 0 Å². The molecule has 0 unspecified atom stereocenters. The van der Waals surface area contributed by atoms with Crippen LogP contribution in [0.3, 0.4) is 0 Å². The second-order valence-corrected chi connectivity index (χ2v) is 6.01. The van der Waals surface area contributed by atoms with E-state index in [-0.39, 0.29) is 22.2 Å². The fourth-order valence-electron chi connectivity index (χ4n) is 1.35. The fraction of sp³-hybridized carbons (Fsp3) is 0.273. The van der Waals surface area contributed by atoms with Crippen LogP contribution in [-0.4, -0.2) is 25.0 Å². The van der Waals surface area contributed by atoms with Crippen LogP contribution in [0.5, 0.6) is 0 Å². The summed E-state index contributed by atoms with van der Waals surface area (Å²) in [7, 11) is -3.47. The zero-order chi connectivity index (χ0) is 13.8. The van der Waals surface area contributed by atoms with Crippen molar-refractivity contribution in [3.05, 3.63) is 46.0 Å². The molecule has 0 aromatic heterocycles. The molecule has 0 saturated carbocycles. The zero-order valence-electron chi connectivity index (χ0n) is 9.67. The standard InChI is InChI=1S/C11H12ClNO4S/c1-9(6-7-12)8-18(16,17)11-4-2-10(3-5-11)13(14)15/h2-6H,7-8H2,1H3/b9-6+. The first-order chi connectivity index (χ1) is 8.36. The molecule has 1 aromatic rings. The summed E-state index contributed by atoms with van der Waals surface area (Å²) < 4.78 is 23.9. The summed E-state index contributed by atoms with van der Waals surface area (Å²) in [5.41, 5.74) is 0.505. The first kappa shape index (κ1) is 14.7. The smallest absolute Gasteiger partial charge is 0.258 e. The lowest BCUT2D eigenvalue weighted by Crippen LogP contribution is -2.08. The quantitative estimate of drug-likeness (QED) is 0.361. The van der Waals surface area contributed by atoms with Gasteiger partial charge in [-0.1, -0.05) is 11.6 Å². The second kappa shape index (κ2) is 5.97. The largest absolute Gasteiger partial charge is 0.269 e. The summed E-state index contributed by atoms with van der Waals surface area (Å²) in [6.45, 7) is 1.67. The number of sulfone groups is 1. The Morgan fingerprint density at radius 1 is 1.39 bits per heavy atom. The highest BCUT2D eigenvalue weighted by molar-refractivity contribution is 7.91. The van der Waals surface area contributed by atoms with Crippen molar-refractivity contribution in [3.63, 3.8) is 0 Å². The molecule has 0 saturated heterocycles. The summed E-state index contributed by atoms with van der Waals surface area (Å²) in [4.78, 5) is 9.95. The molecule has 0 atom stereocenters. The van der Waals surface area contributed by atoms with Gasteiger partial charge in [0.15, 0.2) is 9.84 Å². The third-order valence-corrected chi connectivity index (χ3v) is 4.23. The molecule has 0 heterocycles. The van der Waals surface area contributed by atoms with Gasteiger partial charge in [-0.05, 0) is 19.1 Å². The predicted molar refractivity (Wildman–Crippen MR) is 69.6 cm³/mol. The molecule has 0 fully saturated rings. The lowest BCUT2D eigenvalue weighted by Gasteiger charge is -2.04. The van der Waals surface area contributed by atoms with E-state index < -0.39 is 14.8 Å². The van der Waals surface area contributed by atoms with Crippen LogP contribution in [0.1, 0.15) is 6.92 Å². The number of nitro groups is 1. The Morgan fingerprint density at radius 3 is 2.39 bits per heavy atom. The summed E-state index contributed by atoms with van der Waals surface area (Å²) in [5.74, 6) is 0.110. The van der Waals surface area contributed by atoms with E-state index in [0.29, 0.717) is 5.57 Å². The molecule has 0 spiro atoms. The SMILES string of the molecule is C/C(=C\CCl)CS(=O)(=O)c1ccc([N+](=O)[O-])cc1. The minimum Gasteiger partial charge on any atom is -0.258 e. The average Bonchev–Trinajstić information content (AvgIpc) is 2.28. The Balaban J connectivity index is 2.99. The maximum atomic E-state index is 11.9. The van der Waals surface area contributed by atoms with Crippen LogP contribution in [0.2, 0.25) is 0 Å². The van der Waals surface area contributed by atoms with Crippen LogP contribution in [-0.2, 0) is 9.84 Å². The third kappa shape index (κ3) is 3.82. The zero-order valence-corrected chi connectivity index (χ0v) is 11.2. The highest BCUT2D eigenvalue weighted by Crippen LogP contribution is 2.18. The molecule has 1 rings (SSSR count). The lowest BCUT2D eigenvalue weighted by molar-refractivity contribution is -0.384. The number of hydrogen-bond donors (Lipinski definition) is 0. The van der Waals surface area contributed by atoms with E-state index in [0.717, 1.165) is 0 Å². The fourth-order valence-corrected chi connectivity index (χ4v) is 3.05. The normalized spacial score (nSPS) is 12.4. The Bertz CT molecular complexity index is 563. The molecule has 0 bridgehead atoms. The molecule has 0 amide bonds. The van der Waals surface area contributed by atoms with Gasteiger partial charge in [0.2, 0.25) is 0 Å². The van der Waals surface area contributed by atoms with Crippen molar-refractivity contribution in [1.82, 2.24) is 0 Å². The number of nitrogens with zero attached hydrogens (tertiary/aromatic N) is 1. The van der Waals surface area contributed by atoms with E-state index in [4.69, 9.17) is 11.6 Å². The number of alkyl halides is 1. The molecular weight excluding hydrogens is 278 g/mol. The number of halogens is 1. The van der Waals surface area contributed by atoms with Crippen molar-refractivity contribution in [2.45, 2.75) is 11.8 Å². The number of rotatable bonds is 5. The molecular formula is C11H12ClNO4S. The van der Waals surface area contributed by atoms with Gasteiger partial charge in [0.25, 0.3) is 5.69 Å². The summed E-state index contributed by atoms with van der Waals surface area (Å²) in [6.07, 6.45) is 1.62. The minimum absolute atomic E-state index is 0.0652. The van der Waals surface area contributed by atoms with Gasteiger partial charge in [0.1, 0.15) is 0 Å². The van der Waals surface area contributed by atoms with Gasteiger partial charge in [-0.2, -0.15) is 0 Å². The van der Waals surface area contributed by atoms with Gasteiger partial charge < -0.3 is 0 Å². The Kier molecular flexibility index (Phi) is 4.86.